The molecule has 0 aliphatic rings. The van der Waals surface area contributed by atoms with E-state index in [1.54, 1.807) is 31.3 Å². The Morgan fingerprint density at radius 2 is 2.24 bits per heavy atom. The van der Waals surface area contributed by atoms with Crippen LogP contribution in [-0.2, 0) is 7.05 Å². The molecule has 1 aromatic heterocycles. The smallest absolute Gasteiger partial charge is 0.324 e. The van der Waals surface area contributed by atoms with E-state index >= 15 is 0 Å². The molecule has 0 fully saturated rings. The van der Waals surface area contributed by atoms with Gasteiger partial charge in [0.15, 0.2) is 5.84 Å². The summed E-state index contributed by atoms with van der Waals surface area (Å²) < 4.78 is 1.39. The number of nitrogens with two attached hydrogens (primary N) is 1. The van der Waals surface area contributed by atoms with E-state index in [0.717, 1.165) is 0 Å². The lowest BCUT2D eigenvalue weighted by Gasteiger charge is -2.09. The van der Waals surface area contributed by atoms with Gasteiger partial charge in [-0.3, -0.25) is 10.00 Å². The number of hydrogen-bond acceptors (Lipinski definition) is 4. The van der Waals surface area contributed by atoms with Crippen LogP contribution in [-0.4, -0.2) is 26.9 Å². The molecule has 5 N–H and O–H groups in total. The minimum atomic E-state index is -0.507. The summed E-state index contributed by atoms with van der Waals surface area (Å²) in [4.78, 5) is 12.0. The summed E-state index contributed by atoms with van der Waals surface area (Å²) in [5.74, 6) is 0.144. The number of aryl methyl sites for hydroxylation is 1. The third-order valence-electron chi connectivity index (χ3n) is 2.64. The van der Waals surface area contributed by atoms with Crippen molar-refractivity contribution in [3.8, 4) is 0 Å². The number of halogens is 1. The quantitative estimate of drug-likeness (QED) is 0.299. The normalized spacial score (nSPS) is 11.2. The molecule has 0 unspecified atom stereocenters. The number of benzene rings is 1. The SMILES string of the molecule is Cn1ncc(C(N)=NO)c1NC(=O)Nc1cccc(Cl)c1. The third-order valence-corrected chi connectivity index (χ3v) is 2.87. The standard InChI is InChI=1S/C12H13ClN6O2/c1-19-11(9(6-15-19)10(14)18-21)17-12(20)16-8-4-2-3-7(13)5-8/h2-6,21H,1H3,(H2,14,18)(H2,16,17,20). The van der Waals surface area contributed by atoms with Crippen LogP contribution in [0.25, 0.3) is 0 Å². The summed E-state index contributed by atoms with van der Waals surface area (Å²) in [5.41, 5.74) is 6.36. The number of urea groups is 1. The van der Waals surface area contributed by atoms with Crippen molar-refractivity contribution in [3.05, 3.63) is 41.0 Å². The van der Waals surface area contributed by atoms with E-state index < -0.39 is 6.03 Å². The van der Waals surface area contributed by atoms with Crippen molar-refractivity contribution in [2.24, 2.45) is 17.9 Å². The number of oxime groups is 1. The first-order valence-corrected chi connectivity index (χ1v) is 6.22. The first-order chi connectivity index (χ1) is 10.0. The number of nitrogens with one attached hydrogen (secondary N) is 2. The maximum absolute atomic E-state index is 12.0. The van der Waals surface area contributed by atoms with Crippen LogP contribution in [0.4, 0.5) is 16.3 Å². The fraction of sp³-hybridized carbons (Fsp3) is 0.0833. The Hall–Kier alpha value is -2.74. The Bertz CT molecular complexity index is 697. The van der Waals surface area contributed by atoms with E-state index in [1.807, 2.05) is 0 Å². The number of amides is 2. The van der Waals surface area contributed by atoms with E-state index in [9.17, 15) is 4.79 Å². The number of carbonyl (C=O) groups excluding carboxylic acids is 1. The highest BCUT2D eigenvalue weighted by Gasteiger charge is 2.15. The molecule has 8 nitrogen and oxygen atoms in total. The molecule has 0 saturated carbocycles. The lowest BCUT2D eigenvalue weighted by molar-refractivity contribution is 0.262. The number of amidine groups is 1. The predicted octanol–water partition coefficient (Wildman–Crippen LogP) is 1.81. The summed E-state index contributed by atoms with van der Waals surface area (Å²) in [7, 11) is 1.61. The average molecular weight is 309 g/mol. The molecule has 0 aliphatic heterocycles. The topological polar surface area (TPSA) is 118 Å². The Morgan fingerprint density at radius 3 is 2.90 bits per heavy atom. The molecule has 9 heteroatoms. The molecule has 0 atom stereocenters. The number of nitrogens with zero attached hydrogens (tertiary/aromatic N) is 3. The van der Waals surface area contributed by atoms with Crippen molar-refractivity contribution >= 4 is 35.0 Å². The Morgan fingerprint density at radius 1 is 1.48 bits per heavy atom. The van der Waals surface area contributed by atoms with Gasteiger partial charge in [0.05, 0.1) is 11.8 Å². The molecule has 21 heavy (non-hydrogen) atoms. The molecule has 1 aromatic carbocycles. The van der Waals surface area contributed by atoms with Crippen LogP contribution in [0.5, 0.6) is 0 Å². The number of hydrogen-bond donors (Lipinski definition) is 4. The number of rotatable bonds is 3. The first kappa shape index (κ1) is 14.7. The van der Waals surface area contributed by atoms with Gasteiger partial charge in [-0.1, -0.05) is 22.8 Å². The Labute approximate surface area is 125 Å². The highest BCUT2D eigenvalue weighted by molar-refractivity contribution is 6.30. The van der Waals surface area contributed by atoms with Gasteiger partial charge in [-0.25, -0.2) is 4.79 Å². The van der Waals surface area contributed by atoms with Crippen molar-refractivity contribution in [2.75, 3.05) is 10.6 Å². The van der Waals surface area contributed by atoms with Crippen molar-refractivity contribution in [1.82, 2.24) is 9.78 Å². The van der Waals surface area contributed by atoms with Crippen molar-refractivity contribution in [3.63, 3.8) is 0 Å². The summed E-state index contributed by atoms with van der Waals surface area (Å²) in [6.45, 7) is 0. The fourth-order valence-electron chi connectivity index (χ4n) is 1.66. The van der Waals surface area contributed by atoms with Gasteiger partial charge >= 0.3 is 6.03 Å². The van der Waals surface area contributed by atoms with E-state index in [1.165, 1.54) is 10.9 Å². The predicted molar refractivity (Wildman–Crippen MR) is 79.8 cm³/mol. The molecule has 1 heterocycles. The van der Waals surface area contributed by atoms with Gasteiger partial charge in [-0.2, -0.15) is 5.10 Å². The van der Waals surface area contributed by atoms with Gasteiger partial charge in [0.2, 0.25) is 0 Å². The van der Waals surface area contributed by atoms with Gasteiger partial charge in [0, 0.05) is 17.8 Å². The minimum Gasteiger partial charge on any atom is -0.409 e. The zero-order valence-corrected chi connectivity index (χ0v) is 11.8. The lowest BCUT2D eigenvalue weighted by atomic mass is 10.3. The van der Waals surface area contributed by atoms with Crippen molar-refractivity contribution < 1.29 is 10.0 Å². The molecule has 0 aliphatic carbocycles. The van der Waals surface area contributed by atoms with Crippen LogP contribution in [0, 0.1) is 0 Å². The second-order valence-electron chi connectivity index (χ2n) is 4.11. The summed E-state index contributed by atoms with van der Waals surface area (Å²) in [6, 6.07) is 6.20. The molecule has 0 bridgehead atoms. The molecule has 2 aromatic rings. The van der Waals surface area contributed by atoms with Crippen LogP contribution >= 0.6 is 11.6 Å². The molecular formula is C12H13ClN6O2. The van der Waals surface area contributed by atoms with Gasteiger partial charge < -0.3 is 16.3 Å². The van der Waals surface area contributed by atoms with Gasteiger partial charge in [-0.05, 0) is 18.2 Å². The number of anilines is 2. The Kier molecular flexibility index (Phi) is 4.29. The summed E-state index contributed by atoms with van der Waals surface area (Å²) in [5, 5.41) is 21.2. The molecule has 0 spiro atoms. The molecule has 110 valence electrons. The largest absolute Gasteiger partial charge is 0.409 e. The first-order valence-electron chi connectivity index (χ1n) is 5.84. The van der Waals surface area contributed by atoms with Gasteiger partial charge in [-0.15, -0.1) is 0 Å². The fourth-order valence-corrected chi connectivity index (χ4v) is 1.85. The van der Waals surface area contributed by atoms with Gasteiger partial charge in [0.1, 0.15) is 5.82 Å². The zero-order chi connectivity index (χ0) is 15.4. The maximum atomic E-state index is 12.0. The number of aromatic nitrogens is 2. The van der Waals surface area contributed by atoms with Crippen molar-refractivity contribution in [2.45, 2.75) is 0 Å². The summed E-state index contributed by atoms with van der Waals surface area (Å²) >= 11 is 5.84. The maximum Gasteiger partial charge on any atom is 0.324 e. The van der Waals surface area contributed by atoms with Crippen LogP contribution in [0.3, 0.4) is 0 Å². The average Bonchev–Trinajstić information content (AvgIpc) is 2.79. The second-order valence-corrected chi connectivity index (χ2v) is 4.54. The molecule has 0 radical (unpaired) electrons. The molecular weight excluding hydrogens is 296 g/mol. The Balaban J connectivity index is 2.15. The van der Waals surface area contributed by atoms with Crippen LogP contribution in [0.1, 0.15) is 5.56 Å². The highest BCUT2D eigenvalue weighted by atomic mass is 35.5. The lowest BCUT2D eigenvalue weighted by Crippen LogP contribution is -2.24. The van der Waals surface area contributed by atoms with E-state index in [4.69, 9.17) is 22.5 Å². The zero-order valence-electron chi connectivity index (χ0n) is 11.0. The minimum absolute atomic E-state index is 0.152. The number of carbonyl (C=O) groups is 1. The van der Waals surface area contributed by atoms with Crippen molar-refractivity contribution in [1.29, 1.82) is 0 Å². The highest BCUT2D eigenvalue weighted by Crippen LogP contribution is 2.17. The third kappa shape index (κ3) is 3.42. The van der Waals surface area contributed by atoms with E-state index in [2.05, 4.69) is 20.9 Å². The van der Waals surface area contributed by atoms with Gasteiger partial charge in [0.25, 0.3) is 0 Å². The summed E-state index contributed by atoms with van der Waals surface area (Å²) in [6.07, 6.45) is 1.38. The van der Waals surface area contributed by atoms with Crippen LogP contribution in [0.15, 0.2) is 35.6 Å². The molecule has 2 amide bonds. The molecule has 0 saturated heterocycles. The van der Waals surface area contributed by atoms with E-state index in [-0.39, 0.29) is 5.84 Å². The van der Waals surface area contributed by atoms with E-state index in [0.29, 0.717) is 22.1 Å². The van der Waals surface area contributed by atoms with Crippen LogP contribution in [0.2, 0.25) is 5.02 Å². The second kappa shape index (κ2) is 6.14. The molecule has 2 rings (SSSR count). The monoisotopic (exact) mass is 308 g/mol. The van der Waals surface area contributed by atoms with Crippen LogP contribution < -0.4 is 16.4 Å².